The summed E-state index contributed by atoms with van der Waals surface area (Å²) >= 11 is 0. The molecule has 1 unspecified atom stereocenters. The zero-order chi connectivity index (χ0) is 19.4. The van der Waals surface area contributed by atoms with Gasteiger partial charge >= 0.3 is 0 Å². The van der Waals surface area contributed by atoms with Gasteiger partial charge in [0.1, 0.15) is 6.04 Å². The van der Waals surface area contributed by atoms with E-state index in [2.05, 4.69) is 16.7 Å². The Bertz CT molecular complexity index is 854. The molecule has 5 atom stereocenters. The Morgan fingerprint density at radius 3 is 2.79 bits per heavy atom. The topological polar surface area (TPSA) is 105 Å². The van der Waals surface area contributed by atoms with Crippen LogP contribution in [-0.4, -0.2) is 40.7 Å². The summed E-state index contributed by atoms with van der Waals surface area (Å²) in [6.45, 7) is 1.19. The minimum atomic E-state index is -0.560. The fourth-order valence-corrected chi connectivity index (χ4v) is 5.63. The molecular formula is C21H26N4O3. The van der Waals surface area contributed by atoms with Gasteiger partial charge in [-0.05, 0) is 54.7 Å². The normalized spacial score (nSPS) is 34.1. The second kappa shape index (κ2) is 6.67. The zero-order valence-corrected chi connectivity index (χ0v) is 15.8. The summed E-state index contributed by atoms with van der Waals surface area (Å²) in [4.78, 5) is 37.9. The van der Waals surface area contributed by atoms with Crippen molar-refractivity contribution in [2.24, 2.45) is 17.6 Å². The second-order valence-corrected chi connectivity index (χ2v) is 8.78. The standard InChI is InChI=1S/C21H26N4O3/c22-16-7-12-6-15(16)17(8-12)23-9-11-1-2-14-13(5-11)10-25(21(14)28)18-3-4-19(26)24-20(18)27/h1-2,5,12,15-18,23H,3-4,6-10,22H2,(H,24,26,27)/t12-,15+,16-,17+,18?/m1/s1. The number of carbonyl (C=O) groups excluding carboxylic acids is 3. The van der Waals surface area contributed by atoms with Crippen molar-refractivity contribution in [1.82, 2.24) is 15.5 Å². The molecular weight excluding hydrogens is 356 g/mol. The molecule has 4 N–H and O–H groups in total. The monoisotopic (exact) mass is 382 g/mol. The van der Waals surface area contributed by atoms with Gasteiger partial charge in [-0.3, -0.25) is 19.7 Å². The fourth-order valence-electron chi connectivity index (χ4n) is 5.63. The van der Waals surface area contributed by atoms with Gasteiger partial charge in [-0.1, -0.05) is 12.1 Å². The van der Waals surface area contributed by atoms with E-state index in [4.69, 9.17) is 5.73 Å². The molecule has 148 valence electrons. The number of nitrogens with zero attached hydrogens (tertiary/aromatic N) is 1. The van der Waals surface area contributed by atoms with Gasteiger partial charge in [-0.25, -0.2) is 0 Å². The fraction of sp³-hybridized carbons (Fsp3) is 0.571. The molecule has 1 aromatic carbocycles. The quantitative estimate of drug-likeness (QED) is 0.664. The van der Waals surface area contributed by atoms with Gasteiger partial charge < -0.3 is 16.0 Å². The van der Waals surface area contributed by atoms with E-state index in [9.17, 15) is 14.4 Å². The number of hydrogen-bond donors (Lipinski definition) is 3. The summed E-state index contributed by atoms with van der Waals surface area (Å²) in [6.07, 6.45) is 4.30. The van der Waals surface area contributed by atoms with Crippen molar-refractivity contribution in [3.8, 4) is 0 Å². The van der Waals surface area contributed by atoms with E-state index in [0.717, 1.165) is 23.6 Å². The Hall–Kier alpha value is -2.25. The first-order valence-corrected chi connectivity index (χ1v) is 10.2. The van der Waals surface area contributed by atoms with Crippen LogP contribution in [0.25, 0.3) is 0 Å². The summed E-state index contributed by atoms with van der Waals surface area (Å²) in [7, 11) is 0. The SMILES string of the molecule is N[C@@H]1C[C@H]2C[C@@H]1[C@@H](NCc1ccc3c(c1)CN(C1CCC(=O)NC1=O)C3=O)C2. The van der Waals surface area contributed by atoms with Crippen LogP contribution in [0.1, 0.15) is 53.6 Å². The minimum absolute atomic E-state index is 0.122. The minimum Gasteiger partial charge on any atom is -0.327 e. The molecule has 1 saturated heterocycles. The summed E-state index contributed by atoms with van der Waals surface area (Å²) in [6, 6.07) is 6.19. The van der Waals surface area contributed by atoms with Crippen molar-refractivity contribution in [1.29, 1.82) is 0 Å². The van der Waals surface area contributed by atoms with Gasteiger partial charge in [0, 0.05) is 37.2 Å². The predicted molar refractivity (Wildman–Crippen MR) is 102 cm³/mol. The lowest BCUT2D eigenvalue weighted by Crippen LogP contribution is -2.52. The van der Waals surface area contributed by atoms with Crippen molar-refractivity contribution in [2.45, 2.75) is 63.3 Å². The van der Waals surface area contributed by atoms with Crippen molar-refractivity contribution in [2.75, 3.05) is 0 Å². The van der Waals surface area contributed by atoms with Crippen molar-refractivity contribution < 1.29 is 14.4 Å². The Morgan fingerprint density at radius 1 is 1.18 bits per heavy atom. The molecule has 7 heteroatoms. The van der Waals surface area contributed by atoms with E-state index in [1.54, 1.807) is 4.90 Å². The number of hydrogen-bond acceptors (Lipinski definition) is 5. The lowest BCUT2D eigenvalue weighted by atomic mass is 9.91. The second-order valence-electron chi connectivity index (χ2n) is 8.78. The number of amides is 3. The van der Waals surface area contributed by atoms with Crippen molar-refractivity contribution >= 4 is 17.7 Å². The van der Waals surface area contributed by atoms with Gasteiger partial charge in [0.15, 0.2) is 0 Å². The molecule has 2 heterocycles. The summed E-state index contributed by atoms with van der Waals surface area (Å²) in [5, 5.41) is 6.01. The van der Waals surface area contributed by atoms with Gasteiger partial charge in [-0.2, -0.15) is 0 Å². The van der Waals surface area contributed by atoms with Crippen molar-refractivity contribution in [3.63, 3.8) is 0 Å². The average Bonchev–Trinajstić information content (AvgIpc) is 3.32. The molecule has 2 bridgehead atoms. The number of benzene rings is 1. The third kappa shape index (κ3) is 2.93. The molecule has 2 aliphatic carbocycles. The highest BCUT2D eigenvalue weighted by atomic mass is 16.2. The first-order valence-electron chi connectivity index (χ1n) is 10.2. The molecule has 3 fully saturated rings. The molecule has 5 rings (SSSR count). The zero-order valence-electron chi connectivity index (χ0n) is 15.8. The number of carbonyl (C=O) groups is 3. The average molecular weight is 382 g/mol. The van der Waals surface area contributed by atoms with Gasteiger partial charge in [0.2, 0.25) is 11.8 Å². The lowest BCUT2D eigenvalue weighted by molar-refractivity contribution is -0.136. The predicted octanol–water partition coefficient (Wildman–Crippen LogP) is 0.663. The Kier molecular flexibility index (Phi) is 4.25. The summed E-state index contributed by atoms with van der Waals surface area (Å²) < 4.78 is 0. The smallest absolute Gasteiger partial charge is 0.255 e. The maximum atomic E-state index is 12.8. The maximum absolute atomic E-state index is 12.8. The largest absolute Gasteiger partial charge is 0.327 e. The number of fused-ring (bicyclic) bond motifs is 3. The number of rotatable bonds is 4. The first kappa shape index (κ1) is 17.8. The number of nitrogens with one attached hydrogen (secondary N) is 2. The van der Waals surface area contributed by atoms with Crippen LogP contribution < -0.4 is 16.4 Å². The van der Waals surface area contributed by atoms with Gasteiger partial charge in [-0.15, -0.1) is 0 Å². The number of piperidine rings is 1. The van der Waals surface area contributed by atoms with Gasteiger partial charge in [0.25, 0.3) is 5.91 Å². The van der Waals surface area contributed by atoms with E-state index in [-0.39, 0.29) is 24.1 Å². The maximum Gasteiger partial charge on any atom is 0.255 e. The van der Waals surface area contributed by atoms with E-state index >= 15 is 0 Å². The Morgan fingerprint density at radius 2 is 2.04 bits per heavy atom. The Labute approximate surface area is 164 Å². The third-order valence-corrected chi connectivity index (χ3v) is 7.02. The molecule has 4 aliphatic rings. The highest BCUT2D eigenvalue weighted by Gasteiger charge is 2.44. The molecule has 2 aliphatic heterocycles. The first-order chi connectivity index (χ1) is 13.5. The number of nitrogens with two attached hydrogens (primary N) is 1. The molecule has 7 nitrogen and oxygen atoms in total. The van der Waals surface area contributed by atoms with Gasteiger partial charge in [0.05, 0.1) is 0 Å². The van der Waals surface area contributed by atoms with E-state index < -0.39 is 6.04 Å². The van der Waals surface area contributed by atoms with Crippen LogP contribution in [0.2, 0.25) is 0 Å². The van der Waals surface area contributed by atoms with Crippen molar-refractivity contribution in [3.05, 3.63) is 34.9 Å². The lowest BCUT2D eigenvalue weighted by Gasteiger charge is -2.29. The molecule has 1 aromatic rings. The van der Waals surface area contributed by atoms with Crippen LogP contribution in [0, 0.1) is 11.8 Å². The van der Waals surface area contributed by atoms with Crippen LogP contribution in [0.4, 0.5) is 0 Å². The summed E-state index contributed by atoms with van der Waals surface area (Å²) in [5.74, 6) is 0.607. The van der Waals surface area contributed by atoms with Crippen LogP contribution in [0.3, 0.4) is 0 Å². The van der Waals surface area contributed by atoms with Crippen LogP contribution in [0.5, 0.6) is 0 Å². The van der Waals surface area contributed by atoms with Crippen LogP contribution in [-0.2, 0) is 22.7 Å². The molecule has 3 amide bonds. The van der Waals surface area contributed by atoms with Crippen LogP contribution in [0.15, 0.2) is 18.2 Å². The molecule has 0 radical (unpaired) electrons. The molecule has 0 aromatic heterocycles. The third-order valence-electron chi connectivity index (χ3n) is 7.02. The number of imide groups is 1. The Balaban J connectivity index is 1.26. The van der Waals surface area contributed by atoms with Crippen LogP contribution >= 0.6 is 0 Å². The van der Waals surface area contributed by atoms with E-state index in [1.165, 1.54) is 19.3 Å². The molecule has 28 heavy (non-hydrogen) atoms. The molecule has 0 spiro atoms. The molecule has 2 saturated carbocycles. The van der Waals surface area contributed by atoms with E-state index in [0.29, 0.717) is 36.5 Å². The highest BCUT2D eigenvalue weighted by molar-refractivity contribution is 6.05. The van der Waals surface area contributed by atoms with E-state index in [1.807, 2.05) is 12.1 Å². The highest BCUT2D eigenvalue weighted by Crippen LogP contribution is 2.43. The summed E-state index contributed by atoms with van der Waals surface area (Å²) in [5.41, 5.74) is 9.00.